The largest absolute Gasteiger partial charge is 0.495 e. The molecule has 4 aromatic carbocycles. The highest BCUT2D eigenvalue weighted by Gasteiger charge is 2.41. The minimum absolute atomic E-state index is 0.111. The Hall–Kier alpha value is -4.54. The van der Waals surface area contributed by atoms with E-state index in [1.54, 1.807) is 72.8 Å². The zero-order valence-electron chi connectivity index (χ0n) is 22.5. The quantitative estimate of drug-likeness (QED) is 0.229. The fourth-order valence-corrected chi connectivity index (χ4v) is 6.28. The molecular formula is C31H27N3O5S2. The molecule has 0 radical (unpaired) electrons. The summed E-state index contributed by atoms with van der Waals surface area (Å²) in [6, 6.07) is 27.6. The molecule has 0 aliphatic carbocycles. The van der Waals surface area contributed by atoms with Crippen LogP contribution < -0.4 is 19.7 Å². The summed E-state index contributed by atoms with van der Waals surface area (Å²) >= 11 is 1.07. The van der Waals surface area contributed by atoms with Crippen LogP contribution in [0.5, 0.6) is 5.75 Å². The molecule has 0 saturated heterocycles. The Morgan fingerprint density at radius 3 is 2.15 bits per heavy atom. The first-order valence-electron chi connectivity index (χ1n) is 12.6. The average molecular weight is 586 g/mol. The van der Waals surface area contributed by atoms with Crippen molar-refractivity contribution >= 4 is 50.7 Å². The number of carbonyl (C=O) groups is 2. The van der Waals surface area contributed by atoms with E-state index in [-0.39, 0.29) is 15.5 Å². The van der Waals surface area contributed by atoms with Crippen LogP contribution in [-0.2, 0) is 19.6 Å². The molecule has 5 rings (SSSR count). The summed E-state index contributed by atoms with van der Waals surface area (Å²) in [6.07, 6.45) is 0. The van der Waals surface area contributed by atoms with Crippen LogP contribution in [-0.4, -0.2) is 27.3 Å². The van der Waals surface area contributed by atoms with Gasteiger partial charge in [-0.15, -0.1) is 0 Å². The van der Waals surface area contributed by atoms with Gasteiger partial charge >= 0.3 is 0 Å². The van der Waals surface area contributed by atoms with E-state index in [2.05, 4.69) is 10.0 Å². The van der Waals surface area contributed by atoms with E-state index < -0.39 is 21.8 Å². The molecule has 0 saturated carbocycles. The molecular weight excluding hydrogens is 558 g/mol. The van der Waals surface area contributed by atoms with E-state index in [1.165, 1.54) is 7.11 Å². The van der Waals surface area contributed by atoms with Gasteiger partial charge in [0.1, 0.15) is 16.4 Å². The zero-order chi connectivity index (χ0) is 29.1. The van der Waals surface area contributed by atoms with Crippen molar-refractivity contribution in [3.05, 3.63) is 119 Å². The summed E-state index contributed by atoms with van der Waals surface area (Å²) in [5, 5.41) is 3.12. The van der Waals surface area contributed by atoms with Crippen molar-refractivity contribution in [1.29, 1.82) is 0 Å². The Kier molecular flexibility index (Phi) is 7.87. The minimum Gasteiger partial charge on any atom is -0.495 e. The van der Waals surface area contributed by atoms with Crippen LogP contribution in [0.2, 0.25) is 0 Å². The number of hydrogen-bond acceptors (Lipinski definition) is 7. The number of ether oxygens (including phenoxy) is 1. The summed E-state index contributed by atoms with van der Waals surface area (Å²) in [7, 11) is -2.35. The van der Waals surface area contributed by atoms with E-state index in [9.17, 15) is 18.0 Å². The second-order valence-corrected chi connectivity index (χ2v) is 12.1. The van der Waals surface area contributed by atoms with E-state index in [0.717, 1.165) is 27.8 Å². The van der Waals surface area contributed by atoms with E-state index in [4.69, 9.17) is 4.74 Å². The molecule has 10 heteroatoms. The maximum atomic E-state index is 13.8. The third-order valence-corrected chi connectivity index (χ3v) is 8.77. The Balaban J connectivity index is 1.50. The Morgan fingerprint density at radius 2 is 1.44 bits per heavy atom. The number of nitrogens with zero attached hydrogens (tertiary/aromatic N) is 1. The fourth-order valence-electron chi connectivity index (χ4n) is 4.25. The number of anilines is 3. The van der Waals surface area contributed by atoms with Gasteiger partial charge in [-0.3, -0.25) is 14.3 Å². The smallest absolute Gasteiger partial charge is 0.283 e. The highest BCUT2D eigenvalue weighted by Crippen LogP contribution is 2.41. The fraction of sp³-hybridized carbons (Fsp3) is 0.0968. The number of thioether (sulfide) groups is 1. The first kappa shape index (κ1) is 28.0. The number of aryl methyl sites for hydroxylation is 2. The minimum atomic E-state index is -3.83. The molecule has 1 aliphatic heterocycles. The summed E-state index contributed by atoms with van der Waals surface area (Å²) in [4.78, 5) is 29.6. The molecule has 41 heavy (non-hydrogen) atoms. The summed E-state index contributed by atoms with van der Waals surface area (Å²) in [5.41, 5.74) is 3.21. The van der Waals surface area contributed by atoms with Gasteiger partial charge in [-0.05, 0) is 74.0 Å². The lowest BCUT2D eigenvalue weighted by atomic mass is 10.2. The molecule has 0 aromatic heterocycles. The van der Waals surface area contributed by atoms with Gasteiger partial charge in [-0.2, -0.15) is 0 Å². The highest BCUT2D eigenvalue weighted by molar-refractivity contribution is 8.04. The molecule has 0 bridgehead atoms. The second kappa shape index (κ2) is 11.5. The first-order chi connectivity index (χ1) is 19.7. The van der Waals surface area contributed by atoms with Gasteiger partial charge in [0.05, 0.1) is 17.7 Å². The van der Waals surface area contributed by atoms with Gasteiger partial charge in [0.15, 0.2) is 0 Å². The monoisotopic (exact) mass is 585 g/mol. The summed E-state index contributed by atoms with van der Waals surface area (Å²) < 4.78 is 34.0. The lowest BCUT2D eigenvalue weighted by molar-refractivity contribution is -0.120. The predicted octanol–water partition coefficient (Wildman–Crippen LogP) is 6.10. The summed E-state index contributed by atoms with van der Waals surface area (Å²) in [6.45, 7) is 3.74. The SMILES string of the molecule is COc1ccc(C)cc1N1C(=O)C(Nc2ccccc2)=C(Sc2cccc(NS(=O)(=O)c3ccc(C)cc3)c2)C1=O. The zero-order valence-corrected chi connectivity index (χ0v) is 24.2. The molecule has 8 nitrogen and oxygen atoms in total. The number of para-hydroxylation sites is 1. The van der Waals surface area contributed by atoms with Crippen molar-refractivity contribution in [3.63, 3.8) is 0 Å². The topological polar surface area (TPSA) is 105 Å². The molecule has 0 unspecified atom stereocenters. The maximum Gasteiger partial charge on any atom is 0.283 e. The predicted molar refractivity (Wildman–Crippen MR) is 162 cm³/mol. The number of hydrogen-bond donors (Lipinski definition) is 2. The van der Waals surface area contributed by atoms with Gasteiger partial charge in [-0.1, -0.05) is 59.8 Å². The molecule has 2 N–H and O–H groups in total. The normalized spacial score (nSPS) is 13.5. The average Bonchev–Trinajstić information content (AvgIpc) is 3.17. The molecule has 1 aliphatic rings. The highest BCUT2D eigenvalue weighted by atomic mass is 32.2. The van der Waals surface area contributed by atoms with Crippen molar-refractivity contribution in [1.82, 2.24) is 0 Å². The molecule has 0 fully saturated rings. The van der Waals surface area contributed by atoms with Gasteiger partial charge in [0.25, 0.3) is 21.8 Å². The Morgan fingerprint density at radius 1 is 0.756 bits per heavy atom. The third-order valence-electron chi connectivity index (χ3n) is 6.30. The second-order valence-electron chi connectivity index (χ2n) is 9.36. The number of amides is 2. The standard InChI is InChI=1S/C31H27N3O5S2/c1-20-12-15-25(16-13-20)41(37,38)33-23-10-7-11-24(19-23)40-29-28(32-22-8-5-4-6-9-22)30(35)34(31(29)36)26-18-21(2)14-17-27(26)39-3/h4-19,32-33H,1-3H3. The van der Waals surface area contributed by atoms with Crippen LogP contribution in [0.15, 0.2) is 117 Å². The molecule has 4 aromatic rings. The van der Waals surface area contributed by atoms with Crippen LogP contribution in [0.3, 0.4) is 0 Å². The summed E-state index contributed by atoms with van der Waals surface area (Å²) in [5.74, 6) is -0.662. The van der Waals surface area contributed by atoms with Gasteiger partial charge < -0.3 is 10.1 Å². The van der Waals surface area contributed by atoms with Crippen LogP contribution in [0.1, 0.15) is 11.1 Å². The molecule has 0 spiro atoms. The number of methoxy groups -OCH3 is 1. The van der Waals surface area contributed by atoms with E-state index in [1.807, 2.05) is 38.1 Å². The van der Waals surface area contributed by atoms with Crippen molar-refractivity contribution < 1.29 is 22.7 Å². The van der Waals surface area contributed by atoms with Crippen molar-refractivity contribution in [2.75, 3.05) is 22.0 Å². The van der Waals surface area contributed by atoms with Crippen LogP contribution in [0.4, 0.5) is 17.1 Å². The third kappa shape index (κ3) is 5.98. The van der Waals surface area contributed by atoms with Crippen molar-refractivity contribution in [2.24, 2.45) is 0 Å². The lowest BCUT2D eigenvalue weighted by Gasteiger charge is -2.19. The van der Waals surface area contributed by atoms with E-state index >= 15 is 0 Å². The van der Waals surface area contributed by atoms with Crippen LogP contribution in [0, 0.1) is 13.8 Å². The number of rotatable bonds is 9. The van der Waals surface area contributed by atoms with Crippen molar-refractivity contribution in [2.45, 2.75) is 23.6 Å². The number of benzene rings is 4. The van der Waals surface area contributed by atoms with Gasteiger partial charge in [0, 0.05) is 16.3 Å². The molecule has 2 amide bonds. The number of imide groups is 1. The van der Waals surface area contributed by atoms with Gasteiger partial charge in [-0.25, -0.2) is 13.3 Å². The van der Waals surface area contributed by atoms with E-state index in [0.29, 0.717) is 27.7 Å². The number of nitrogens with one attached hydrogen (secondary N) is 2. The molecule has 1 heterocycles. The maximum absolute atomic E-state index is 13.8. The van der Waals surface area contributed by atoms with Crippen LogP contribution >= 0.6 is 11.8 Å². The van der Waals surface area contributed by atoms with Crippen molar-refractivity contribution in [3.8, 4) is 5.75 Å². The van der Waals surface area contributed by atoms with Crippen LogP contribution in [0.25, 0.3) is 0 Å². The molecule has 208 valence electrons. The lowest BCUT2D eigenvalue weighted by Crippen LogP contribution is -2.32. The molecule has 0 atom stereocenters. The Labute approximate surface area is 243 Å². The number of sulfonamides is 1. The Bertz CT molecular complexity index is 1770. The first-order valence-corrected chi connectivity index (χ1v) is 14.9. The van der Waals surface area contributed by atoms with Gasteiger partial charge in [0.2, 0.25) is 0 Å². The number of carbonyl (C=O) groups excluding carboxylic acids is 2.